The summed E-state index contributed by atoms with van der Waals surface area (Å²) in [5, 5.41) is 0. The van der Waals surface area contributed by atoms with E-state index in [0.29, 0.717) is 0 Å². The van der Waals surface area contributed by atoms with Crippen molar-refractivity contribution >= 4 is 28.6 Å². The fourth-order valence-electron chi connectivity index (χ4n) is 0.702. The Morgan fingerprint density at radius 3 is 2.70 bits per heavy atom. The van der Waals surface area contributed by atoms with E-state index in [1.807, 2.05) is 6.92 Å². The predicted molar refractivity (Wildman–Crippen MR) is 49.3 cm³/mol. The molecule has 0 unspecified atom stereocenters. The standard InChI is InChI=1S/C7H13IO2/c1-6(4-3-5-8)7(9)10-2/h6H,3-5H2,1-2H3/t6-/m1/s1. The van der Waals surface area contributed by atoms with Crippen LogP contribution in [0.5, 0.6) is 0 Å². The maximum atomic E-state index is 10.8. The Kier molecular flexibility index (Phi) is 6.06. The van der Waals surface area contributed by atoms with Gasteiger partial charge in [-0.05, 0) is 17.3 Å². The fraction of sp³-hybridized carbons (Fsp3) is 0.857. The zero-order valence-electron chi connectivity index (χ0n) is 6.39. The molecule has 0 spiro atoms. The third-order valence-corrected chi connectivity index (χ3v) is 2.14. The Morgan fingerprint density at radius 1 is 1.70 bits per heavy atom. The van der Waals surface area contributed by atoms with Crippen LogP contribution < -0.4 is 0 Å². The van der Waals surface area contributed by atoms with Gasteiger partial charge < -0.3 is 4.74 Å². The number of halogens is 1. The van der Waals surface area contributed by atoms with Crippen LogP contribution in [0, 0.1) is 5.92 Å². The Labute approximate surface area is 75.5 Å². The quantitative estimate of drug-likeness (QED) is 0.437. The summed E-state index contributed by atoms with van der Waals surface area (Å²) in [6.07, 6.45) is 2.03. The van der Waals surface area contributed by atoms with Crippen molar-refractivity contribution in [2.75, 3.05) is 11.5 Å². The predicted octanol–water partition coefficient (Wildman–Crippen LogP) is 2.01. The van der Waals surface area contributed by atoms with Gasteiger partial charge in [0, 0.05) is 0 Å². The number of esters is 1. The highest BCUT2D eigenvalue weighted by molar-refractivity contribution is 14.1. The van der Waals surface area contributed by atoms with Crippen molar-refractivity contribution in [3.8, 4) is 0 Å². The van der Waals surface area contributed by atoms with Crippen molar-refractivity contribution in [2.45, 2.75) is 19.8 Å². The molecular formula is C7H13IO2. The number of alkyl halides is 1. The van der Waals surface area contributed by atoms with Gasteiger partial charge in [0.25, 0.3) is 0 Å². The molecule has 10 heavy (non-hydrogen) atoms. The Balaban J connectivity index is 3.41. The van der Waals surface area contributed by atoms with Gasteiger partial charge in [0.2, 0.25) is 0 Å². The van der Waals surface area contributed by atoms with Gasteiger partial charge >= 0.3 is 5.97 Å². The molecule has 0 fully saturated rings. The van der Waals surface area contributed by atoms with E-state index >= 15 is 0 Å². The molecule has 0 aromatic rings. The molecule has 2 nitrogen and oxygen atoms in total. The van der Waals surface area contributed by atoms with E-state index in [9.17, 15) is 4.79 Å². The van der Waals surface area contributed by atoms with E-state index in [-0.39, 0.29) is 11.9 Å². The molecular weight excluding hydrogens is 243 g/mol. The van der Waals surface area contributed by atoms with Crippen molar-refractivity contribution in [3.63, 3.8) is 0 Å². The summed E-state index contributed by atoms with van der Waals surface area (Å²) in [7, 11) is 1.43. The second-order valence-corrected chi connectivity index (χ2v) is 3.33. The van der Waals surface area contributed by atoms with Crippen molar-refractivity contribution in [1.82, 2.24) is 0 Å². The number of carbonyl (C=O) groups excluding carboxylic acids is 1. The van der Waals surface area contributed by atoms with Crippen molar-refractivity contribution in [1.29, 1.82) is 0 Å². The highest BCUT2D eigenvalue weighted by atomic mass is 127. The molecule has 0 aliphatic rings. The van der Waals surface area contributed by atoms with Crippen LogP contribution in [0.3, 0.4) is 0 Å². The van der Waals surface area contributed by atoms with Gasteiger partial charge in [0.15, 0.2) is 0 Å². The largest absolute Gasteiger partial charge is 0.469 e. The molecule has 0 saturated carbocycles. The molecule has 0 heterocycles. The lowest BCUT2D eigenvalue weighted by atomic mass is 10.1. The first-order chi connectivity index (χ1) is 4.72. The summed E-state index contributed by atoms with van der Waals surface area (Å²) >= 11 is 2.30. The van der Waals surface area contributed by atoms with E-state index in [1.165, 1.54) is 7.11 Å². The van der Waals surface area contributed by atoms with E-state index < -0.39 is 0 Å². The summed E-state index contributed by atoms with van der Waals surface area (Å²) in [5.74, 6) is -0.0235. The summed E-state index contributed by atoms with van der Waals surface area (Å²) < 4.78 is 5.68. The molecule has 0 saturated heterocycles. The molecule has 0 rings (SSSR count). The molecule has 0 aliphatic carbocycles. The maximum absolute atomic E-state index is 10.8. The maximum Gasteiger partial charge on any atom is 0.308 e. The van der Waals surface area contributed by atoms with Gasteiger partial charge in [-0.2, -0.15) is 0 Å². The Bertz CT molecular complexity index is 104. The minimum Gasteiger partial charge on any atom is -0.469 e. The molecule has 0 amide bonds. The van der Waals surface area contributed by atoms with Crippen LogP contribution in [0.15, 0.2) is 0 Å². The molecule has 3 heteroatoms. The lowest BCUT2D eigenvalue weighted by Gasteiger charge is -2.06. The molecule has 0 radical (unpaired) electrons. The molecule has 1 atom stereocenters. The van der Waals surface area contributed by atoms with E-state index in [4.69, 9.17) is 0 Å². The monoisotopic (exact) mass is 256 g/mol. The topological polar surface area (TPSA) is 26.3 Å². The van der Waals surface area contributed by atoms with Crippen LogP contribution in [0.25, 0.3) is 0 Å². The second-order valence-electron chi connectivity index (χ2n) is 2.26. The molecule has 0 aliphatic heterocycles. The first-order valence-corrected chi connectivity index (χ1v) is 4.88. The third-order valence-electron chi connectivity index (χ3n) is 1.37. The lowest BCUT2D eigenvalue weighted by Crippen LogP contribution is -2.12. The SMILES string of the molecule is COC(=O)[C@H](C)CCCI. The van der Waals surface area contributed by atoms with E-state index in [1.54, 1.807) is 0 Å². The number of hydrogen-bond acceptors (Lipinski definition) is 2. The Hall–Kier alpha value is 0.200. The number of methoxy groups -OCH3 is 1. The minimum atomic E-state index is -0.0927. The van der Waals surface area contributed by atoms with Crippen LogP contribution in [-0.4, -0.2) is 17.5 Å². The average Bonchev–Trinajstić information content (AvgIpc) is 1.98. The number of carbonyl (C=O) groups is 1. The van der Waals surface area contributed by atoms with Gasteiger partial charge in [-0.1, -0.05) is 29.5 Å². The normalized spacial score (nSPS) is 12.7. The zero-order chi connectivity index (χ0) is 7.98. The van der Waals surface area contributed by atoms with E-state index in [0.717, 1.165) is 17.3 Å². The summed E-state index contributed by atoms with van der Waals surface area (Å²) in [6.45, 7) is 1.90. The minimum absolute atomic E-state index is 0.0692. The summed E-state index contributed by atoms with van der Waals surface area (Å²) in [4.78, 5) is 10.8. The highest BCUT2D eigenvalue weighted by Crippen LogP contribution is 2.08. The molecule has 60 valence electrons. The molecule has 0 bridgehead atoms. The molecule has 0 N–H and O–H groups in total. The Morgan fingerprint density at radius 2 is 2.30 bits per heavy atom. The average molecular weight is 256 g/mol. The van der Waals surface area contributed by atoms with Crippen LogP contribution in [0.1, 0.15) is 19.8 Å². The van der Waals surface area contributed by atoms with Crippen molar-refractivity contribution < 1.29 is 9.53 Å². The van der Waals surface area contributed by atoms with Gasteiger partial charge in [-0.25, -0.2) is 0 Å². The van der Waals surface area contributed by atoms with Gasteiger partial charge in [0.1, 0.15) is 0 Å². The highest BCUT2D eigenvalue weighted by Gasteiger charge is 2.11. The molecule has 0 aromatic carbocycles. The number of rotatable bonds is 4. The summed E-state index contributed by atoms with van der Waals surface area (Å²) in [6, 6.07) is 0. The fourth-order valence-corrected chi connectivity index (χ4v) is 1.14. The lowest BCUT2D eigenvalue weighted by molar-refractivity contribution is -0.145. The number of hydrogen-bond donors (Lipinski definition) is 0. The van der Waals surface area contributed by atoms with E-state index in [2.05, 4.69) is 27.3 Å². The smallest absolute Gasteiger partial charge is 0.308 e. The van der Waals surface area contributed by atoms with Crippen LogP contribution >= 0.6 is 22.6 Å². The zero-order valence-corrected chi connectivity index (χ0v) is 8.55. The van der Waals surface area contributed by atoms with Gasteiger partial charge in [-0.3, -0.25) is 4.79 Å². The van der Waals surface area contributed by atoms with Crippen molar-refractivity contribution in [2.24, 2.45) is 5.92 Å². The van der Waals surface area contributed by atoms with Crippen LogP contribution in [0.2, 0.25) is 0 Å². The van der Waals surface area contributed by atoms with Gasteiger partial charge in [-0.15, -0.1) is 0 Å². The summed E-state index contributed by atoms with van der Waals surface area (Å²) in [5.41, 5.74) is 0. The van der Waals surface area contributed by atoms with Crippen LogP contribution in [0.4, 0.5) is 0 Å². The first kappa shape index (κ1) is 10.2. The third kappa shape index (κ3) is 4.09. The second kappa shape index (κ2) is 5.95. The number of ether oxygens (including phenoxy) is 1. The molecule has 0 aromatic heterocycles. The van der Waals surface area contributed by atoms with Crippen LogP contribution in [-0.2, 0) is 9.53 Å². The first-order valence-electron chi connectivity index (χ1n) is 3.36. The van der Waals surface area contributed by atoms with Gasteiger partial charge in [0.05, 0.1) is 13.0 Å². The van der Waals surface area contributed by atoms with Crippen molar-refractivity contribution in [3.05, 3.63) is 0 Å².